The molecule has 2 atom stereocenters. The Balaban J connectivity index is 0.793. The minimum Gasteiger partial charge on any atom is -0.352 e. The molecule has 284 valence electrons. The van der Waals surface area contributed by atoms with E-state index in [4.69, 9.17) is 4.98 Å². The molecule has 2 N–H and O–H groups in total. The minimum atomic E-state index is -0.481. The first kappa shape index (κ1) is 37.1. The maximum Gasteiger partial charge on any atom is 0.256 e. The summed E-state index contributed by atoms with van der Waals surface area (Å²) in [4.78, 5) is 58.4. The van der Waals surface area contributed by atoms with Gasteiger partial charge in [-0.1, -0.05) is 43.5 Å². The molecule has 3 aliphatic rings. The third kappa shape index (κ3) is 8.45. The monoisotopic (exact) mass is 739 g/mol. The number of halogens is 2. The van der Waals surface area contributed by atoms with Crippen molar-refractivity contribution in [3.8, 4) is 0 Å². The van der Waals surface area contributed by atoms with Crippen LogP contribution in [0.4, 0.5) is 14.6 Å². The van der Waals surface area contributed by atoms with E-state index in [0.29, 0.717) is 67.3 Å². The van der Waals surface area contributed by atoms with Crippen molar-refractivity contribution in [2.24, 2.45) is 0 Å². The van der Waals surface area contributed by atoms with E-state index in [1.165, 1.54) is 17.8 Å². The summed E-state index contributed by atoms with van der Waals surface area (Å²) in [7, 11) is 0. The Morgan fingerprint density at radius 1 is 0.870 bits per heavy atom. The second-order valence-electron chi connectivity index (χ2n) is 14.7. The number of likely N-dealkylation sites (tertiary alicyclic amines) is 1. The van der Waals surface area contributed by atoms with Crippen LogP contribution < -0.4 is 15.5 Å². The van der Waals surface area contributed by atoms with Gasteiger partial charge in [0.05, 0.1) is 18.2 Å². The Kier molecular flexibility index (Phi) is 11.6. The molecule has 3 fully saturated rings. The van der Waals surface area contributed by atoms with E-state index in [1.54, 1.807) is 16.8 Å². The Morgan fingerprint density at radius 2 is 1.63 bits per heavy atom. The van der Waals surface area contributed by atoms with Crippen LogP contribution in [0.1, 0.15) is 122 Å². The van der Waals surface area contributed by atoms with Crippen molar-refractivity contribution in [3.05, 3.63) is 94.8 Å². The normalized spacial score (nSPS) is 19.4. The summed E-state index contributed by atoms with van der Waals surface area (Å²) in [6.07, 6.45) is 12.5. The third-order valence-electron chi connectivity index (χ3n) is 11.2. The van der Waals surface area contributed by atoms with Gasteiger partial charge in [-0.3, -0.25) is 24.5 Å². The molecule has 0 saturated carbocycles. The standard InChI is InChI=1S/C41H47F2N7O4/c42-30-13-15-34(43)32(25-30)35-7-6-21-49(35)36-19-24-50-39(46-36)33(26-45-50)40(53)44-20-5-3-1-2-4-8-38(52)48-22-17-28(18-23-48)27-9-11-29(12-10-27)31-14-16-37(51)47-41(31)54/h9-13,15,19,24-26,28,31,35H,1-8,14,16-18,20-23H2,(H,44,53)(H,47,51,54)/t31?,35-/m1/s1. The molecule has 7 rings (SSSR count). The van der Waals surface area contributed by atoms with E-state index in [2.05, 4.69) is 27.9 Å². The first-order chi connectivity index (χ1) is 26.2. The highest BCUT2D eigenvalue weighted by Gasteiger charge is 2.31. The van der Waals surface area contributed by atoms with Crippen molar-refractivity contribution in [1.29, 1.82) is 0 Å². The number of carbonyl (C=O) groups excluding carboxylic acids is 4. The molecule has 1 unspecified atom stereocenters. The molecule has 5 heterocycles. The zero-order chi connectivity index (χ0) is 37.6. The highest BCUT2D eigenvalue weighted by molar-refractivity contribution is 6.01. The molecule has 54 heavy (non-hydrogen) atoms. The number of anilines is 1. The average molecular weight is 740 g/mol. The van der Waals surface area contributed by atoms with Crippen molar-refractivity contribution in [1.82, 2.24) is 30.1 Å². The lowest BCUT2D eigenvalue weighted by Gasteiger charge is -2.32. The van der Waals surface area contributed by atoms with Crippen LogP contribution in [0.2, 0.25) is 0 Å². The van der Waals surface area contributed by atoms with Gasteiger partial charge in [0, 0.05) is 50.8 Å². The smallest absolute Gasteiger partial charge is 0.256 e. The number of hydrogen-bond acceptors (Lipinski definition) is 7. The molecule has 0 bridgehead atoms. The van der Waals surface area contributed by atoms with Gasteiger partial charge in [0.1, 0.15) is 23.0 Å². The molecule has 2 aromatic carbocycles. The topological polar surface area (TPSA) is 129 Å². The van der Waals surface area contributed by atoms with E-state index < -0.39 is 11.6 Å². The predicted molar refractivity (Wildman–Crippen MR) is 199 cm³/mol. The molecular weight excluding hydrogens is 692 g/mol. The Labute approximate surface area is 313 Å². The van der Waals surface area contributed by atoms with E-state index in [0.717, 1.165) is 82.2 Å². The Bertz CT molecular complexity index is 1990. The number of unbranched alkanes of at least 4 members (excludes halogenated alkanes) is 4. The van der Waals surface area contributed by atoms with Crippen molar-refractivity contribution in [2.75, 3.05) is 31.1 Å². The van der Waals surface area contributed by atoms with Crippen LogP contribution in [-0.2, 0) is 14.4 Å². The molecule has 11 nitrogen and oxygen atoms in total. The number of amides is 4. The van der Waals surface area contributed by atoms with Crippen molar-refractivity contribution >= 4 is 35.1 Å². The fourth-order valence-corrected chi connectivity index (χ4v) is 8.17. The van der Waals surface area contributed by atoms with Crippen LogP contribution in [0.5, 0.6) is 0 Å². The quantitative estimate of drug-likeness (QED) is 0.121. The zero-order valence-corrected chi connectivity index (χ0v) is 30.4. The summed E-state index contributed by atoms with van der Waals surface area (Å²) >= 11 is 0. The lowest BCUT2D eigenvalue weighted by molar-refractivity contribution is -0.134. The van der Waals surface area contributed by atoms with Gasteiger partial charge in [0.25, 0.3) is 5.91 Å². The number of benzene rings is 2. The Hall–Kier alpha value is -5.20. The first-order valence-electron chi connectivity index (χ1n) is 19.3. The van der Waals surface area contributed by atoms with Gasteiger partial charge < -0.3 is 15.1 Å². The summed E-state index contributed by atoms with van der Waals surface area (Å²) in [6.45, 7) is 2.64. The van der Waals surface area contributed by atoms with Crippen LogP contribution in [0, 0.1) is 11.6 Å². The number of hydrogen-bond donors (Lipinski definition) is 2. The fourth-order valence-electron chi connectivity index (χ4n) is 8.17. The maximum atomic E-state index is 14.6. The predicted octanol–water partition coefficient (Wildman–Crippen LogP) is 6.35. The number of carbonyl (C=O) groups is 4. The molecule has 0 aliphatic carbocycles. The number of aromatic nitrogens is 3. The number of rotatable bonds is 13. The van der Waals surface area contributed by atoms with Gasteiger partial charge in [-0.25, -0.2) is 18.3 Å². The number of nitrogens with zero attached hydrogens (tertiary/aromatic N) is 5. The number of piperidine rings is 2. The van der Waals surface area contributed by atoms with Gasteiger partial charge >= 0.3 is 0 Å². The average Bonchev–Trinajstić information content (AvgIpc) is 3.85. The van der Waals surface area contributed by atoms with Crippen LogP contribution >= 0.6 is 0 Å². The van der Waals surface area contributed by atoms with Crippen LogP contribution in [0.25, 0.3) is 5.65 Å². The zero-order valence-electron chi connectivity index (χ0n) is 30.4. The second kappa shape index (κ2) is 16.9. The van der Waals surface area contributed by atoms with Gasteiger partial charge in [-0.2, -0.15) is 5.10 Å². The number of imide groups is 1. The highest BCUT2D eigenvalue weighted by Crippen LogP contribution is 2.37. The highest BCUT2D eigenvalue weighted by atomic mass is 19.1. The molecule has 3 saturated heterocycles. The summed E-state index contributed by atoms with van der Waals surface area (Å²) in [5.74, 6) is -0.718. The molecule has 13 heteroatoms. The SMILES string of the molecule is O=C1CCC(c2ccc(C3CCN(C(=O)CCCCCCCNC(=O)c4cnn5ccc(N6CCC[C@@H]6c6cc(F)ccc6F)nc45)CC3)cc2)C(=O)N1. The molecule has 2 aromatic heterocycles. The van der Waals surface area contributed by atoms with Crippen molar-refractivity contribution in [3.63, 3.8) is 0 Å². The summed E-state index contributed by atoms with van der Waals surface area (Å²) in [5.41, 5.74) is 3.24. The van der Waals surface area contributed by atoms with E-state index in [-0.39, 0.29) is 35.6 Å². The lowest BCUT2D eigenvalue weighted by Crippen LogP contribution is -2.39. The molecule has 3 aliphatic heterocycles. The largest absolute Gasteiger partial charge is 0.352 e. The maximum absolute atomic E-state index is 14.6. The summed E-state index contributed by atoms with van der Waals surface area (Å²) in [5, 5.41) is 9.70. The summed E-state index contributed by atoms with van der Waals surface area (Å²) < 4.78 is 30.1. The molecular formula is C41H47F2N7O4. The molecule has 4 aromatic rings. The Morgan fingerprint density at radius 3 is 2.43 bits per heavy atom. The number of nitrogens with one attached hydrogen (secondary N) is 2. The van der Waals surface area contributed by atoms with Gasteiger partial charge in [0.15, 0.2) is 5.65 Å². The minimum absolute atomic E-state index is 0.206. The second-order valence-corrected chi connectivity index (χ2v) is 14.7. The van der Waals surface area contributed by atoms with E-state index >= 15 is 0 Å². The van der Waals surface area contributed by atoms with Gasteiger partial charge in [-0.15, -0.1) is 0 Å². The summed E-state index contributed by atoms with van der Waals surface area (Å²) in [6, 6.07) is 13.1. The van der Waals surface area contributed by atoms with Gasteiger partial charge in [0.2, 0.25) is 17.7 Å². The third-order valence-corrected chi connectivity index (χ3v) is 11.2. The van der Waals surface area contributed by atoms with Crippen LogP contribution in [0.3, 0.4) is 0 Å². The van der Waals surface area contributed by atoms with E-state index in [1.807, 2.05) is 21.9 Å². The fraction of sp³-hybridized carbons (Fsp3) is 0.463. The van der Waals surface area contributed by atoms with E-state index in [9.17, 15) is 28.0 Å². The van der Waals surface area contributed by atoms with Crippen LogP contribution in [-0.4, -0.2) is 69.3 Å². The first-order valence-corrected chi connectivity index (χ1v) is 19.3. The molecule has 0 spiro atoms. The van der Waals surface area contributed by atoms with Gasteiger partial charge in [-0.05, 0) is 86.3 Å². The number of fused-ring (bicyclic) bond motifs is 1. The van der Waals surface area contributed by atoms with Crippen molar-refractivity contribution in [2.45, 2.75) is 94.9 Å². The van der Waals surface area contributed by atoms with Crippen molar-refractivity contribution < 1.29 is 28.0 Å². The molecule has 0 radical (unpaired) electrons. The van der Waals surface area contributed by atoms with Crippen LogP contribution in [0.15, 0.2) is 60.9 Å². The lowest BCUT2D eigenvalue weighted by atomic mass is 9.86. The molecule has 4 amide bonds.